The van der Waals surface area contributed by atoms with E-state index < -0.39 is 16.4 Å². The number of carbonyl (C=O) groups is 1. The van der Waals surface area contributed by atoms with E-state index in [0.717, 1.165) is 11.5 Å². The Morgan fingerprint density at radius 2 is 2.04 bits per heavy atom. The van der Waals surface area contributed by atoms with Crippen LogP contribution in [0.4, 0.5) is 5.69 Å². The highest BCUT2D eigenvalue weighted by Crippen LogP contribution is 2.28. The SMILES string of the molecule is CC(O)(CNC(=O)c1cc([N+](=O)[O-])ccc1Cl)c1cc2ccccc2o1. The molecule has 2 N–H and O–H groups in total. The molecular weight excluding hydrogens is 360 g/mol. The number of hydrogen-bond donors (Lipinski definition) is 2. The van der Waals surface area contributed by atoms with Crippen molar-refractivity contribution in [2.75, 3.05) is 6.54 Å². The van der Waals surface area contributed by atoms with Crippen LogP contribution in [0, 0.1) is 10.1 Å². The molecule has 3 aromatic rings. The van der Waals surface area contributed by atoms with E-state index in [-0.39, 0.29) is 22.8 Å². The van der Waals surface area contributed by atoms with Gasteiger partial charge in [0.2, 0.25) is 0 Å². The Morgan fingerprint density at radius 3 is 2.73 bits per heavy atom. The fourth-order valence-corrected chi connectivity index (χ4v) is 2.69. The molecule has 1 atom stereocenters. The molecule has 0 saturated heterocycles. The maximum Gasteiger partial charge on any atom is 0.270 e. The van der Waals surface area contributed by atoms with Crippen LogP contribution in [-0.2, 0) is 5.60 Å². The third kappa shape index (κ3) is 3.54. The fourth-order valence-electron chi connectivity index (χ4n) is 2.48. The van der Waals surface area contributed by atoms with Gasteiger partial charge in [0.15, 0.2) is 0 Å². The van der Waals surface area contributed by atoms with Crippen LogP contribution in [0.2, 0.25) is 5.02 Å². The van der Waals surface area contributed by atoms with Gasteiger partial charge in [0.1, 0.15) is 16.9 Å². The van der Waals surface area contributed by atoms with E-state index in [1.807, 2.05) is 18.2 Å². The van der Waals surface area contributed by atoms with Crippen LogP contribution < -0.4 is 5.32 Å². The van der Waals surface area contributed by atoms with Crippen LogP contribution in [0.15, 0.2) is 52.9 Å². The number of para-hydroxylation sites is 1. The summed E-state index contributed by atoms with van der Waals surface area (Å²) in [5, 5.41) is 24.9. The summed E-state index contributed by atoms with van der Waals surface area (Å²) in [4.78, 5) is 22.6. The van der Waals surface area contributed by atoms with Gasteiger partial charge in [-0.25, -0.2) is 0 Å². The predicted molar refractivity (Wildman–Crippen MR) is 96.2 cm³/mol. The third-order valence-electron chi connectivity index (χ3n) is 3.95. The lowest BCUT2D eigenvalue weighted by Gasteiger charge is -2.21. The Morgan fingerprint density at radius 1 is 1.31 bits per heavy atom. The number of nitrogens with zero attached hydrogens (tertiary/aromatic N) is 1. The summed E-state index contributed by atoms with van der Waals surface area (Å²) in [6, 6.07) is 12.6. The van der Waals surface area contributed by atoms with Crippen LogP contribution in [0.3, 0.4) is 0 Å². The maximum absolute atomic E-state index is 12.3. The number of nitro benzene ring substituents is 1. The molecule has 2 aromatic carbocycles. The van der Waals surface area contributed by atoms with Crippen molar-refractivity contribution in [2.45, 2.75) is 12.5 Å². The van der Waals surface area contributed by atoms with E-state index in [0.29, 0.717) is 11.3 Å². The highest BCUT2D eigenvalue weighted by atomic mass is 35.5. The van der Waals surface area contributed by atoms with Crippen molar-refractivity contribution in [3.05, 3.63) is 75.0 Å². The lowest BCUT2D eigenvalue weighted by molar-refractivity contribution is -0.384. The summed E-state index contributed by atoms with van der Waals surface area (Å²) >= 11 is 5.95. The predicted octanol–water partition coefficient (Wildman–Crippen LogP) is 3.63. The van der Waals surface area contributed by atoms with Crippen molar-refractivity contribution in [1.82, 2.24) is 5.32 Å². The summed E-state index contributed by atoms with van der Waals surface area (Å²) in [6.45, 7) is 1.34. The molecule has 1 amide bonds. The molecule has 1 aromatic heterocycles. The van der Waals surface area contributed by atoms with Crippen molar-refractivity contribution in [2.24, 2.45) is 0 Å². The second-order valence-corrected chi connectivity index (χ2v) is 6.43. The Bertz CT molecular complexity index is 963. The normalized spacial score (nSPS) is 13.3. The molecule has 7 nitrogen and oxygen atoms in total. The second kappa shape index (κ2) is 6.78. The van der Waals surface area contributed by atoms with Gasteiger partial charge in [-0.05, 0) is 25.1 Å². The number of hydrogen-bond acceptors (Lipinski definition) is 5. The molecule has 0 spiro atoms. The van der Waals surface area contributed by atoms with E-state index in [9.17, 15) is 20.0 Å². The number of rotatable bonds is 5. The average Bonchev–Trinajstić information content (AvgIpc) is 3.05. The summed E-state index contributed by atoms with van der Waals surface area (Å²) in [6.07, 6.45) is 0. The molecule has 0 radical (unpaired) electrons. The monoisotopic (exact) mass is 374 g/mol. The zero-order chi connectivity index (χ0) is 18.9. The molecule has 1 heterocycles. The maximum atomic E-state index is 12.3. The second-order valence-electron chi connectivity index (χ2n) is 6.03. The van der Waals surface area contributed by atoms with E-state index in [4.69, 9.17) is 16.0 Å². The highest BCUT2D eigenvalue weighted by molar-refractivity contribution is 6.33. The molecule has 0 saturated carbocycles. The molecule has 134 valence electrons. The molecule has 0 aliphatic carbocycles. The number of nitro groups is 1. The standard InChI is InChI=1S/C18H15ClN2O5/c1-18(23,16-8-11-4-2-3-5-15(11)26-16)10-20-17(22)13-9-12(21(24)25)6-7-14(13)19/h2-9,23H,10H2,1H3,(H,20,22). The van der Waals surface area contributed by atoms with Gasteiger partial charge < -0.3 is 14.8 Å². The largest absolute Gasteiger partial charge is 0.458 e. The van der Waals surface area contributed by atoms with Crippen LogP contribution in [0.1, 0.15) is 23.0 Å². The van der Waals surface area contributed by atoms with E-state index in [1.54, 1.807) is 12.1 Å². The minimum absolute atomic E-state index is 0.0405. The molecule has 3 rings (SSSR count). The zero-order valence-corrected chi connectivity index (χ0v) is 14.5. The first-order valence-corrected chi connectivity index (χ1v) is 8.09. The van der Waals surface area contributed by atoms with E-state index in [1.165, 1.54) is 19.1 Å². The van der Waals surface area contributed by atoms with Crippen LogP contribution in [0.25, 0.3) is 11.0 Å². The van der Waals surface area contributed by atoms with Gasteiger partial charge in [0.25, 0.3) is 11.6 Å². The van der Waals surface area contributed by atoms with Gasteiger partial charge in [-0.3, -0.25) is 14.9 Å². The van der Waals surface area contributed by atoms with Gasteiger partial charge in [0, 0.05) is 17.5 Å². The number of nitrogens with one attached hydrogen (secondary N) is 1. The topological polar surface area (TPSA) is 106 Å². The van der Waals surface area contributed by atoms with Crippen LogP contribution in [-0.4, -0.2) is 22.5 Å². The molecule has 8 heteroatoms. The molecule has 26 heavy (non-hydrogen) atoms. The van der Waals surface area contributed by atoms with Gasteiger partial charge in [-0.1, -0.05) is 29.8 Å². The Kier molecular flexibility index (Phi) is 4.67. The fraction of sp³-hybridized carbons (Fsp3) is 0.167. The highest BCUT2D eigenvalue weighted by Gasteiger charge is 2.29. The van der Waals surface area contributed by atoms with E-state index in [2.05, 4.69) is 5.32 Å². The number of halogens is 1. The van der Waals surface area contributed by atoms with Gasteiger partial charge in [-0.15, -0.1) is 0 Å². The number of benzene rings is 2. The molecule has 0 aliphatic rings. The average molecular weight is 375 g/mol. The van der Waals surface area contributed by atoms with Gasteiger partial charge in [-0.2, -0.15) is 0 Å². The third-order valence-corrected chi connectivity index (χ3v) is 4.28. The number of fused-ring (bicyclic) bond motifs is 1. The lowest BCUT2D eigenvalue weighted by atomic mass is 10.0. The number of carbonyl (C=O) groups excluding carboxylic acids is 1. The molecular formula is C18H15ClN2O5. The minimum Gasteiger partial charge on any atom is -0.458 e. The number of non-ortho nitro benzene ring substituents is 1. The Hall–Kier alpha value is -2.90. The summed E-state index contributed by atoms with van der Waals surface area (Å²) in [7, 11) is 0. The summed E-state index contributed by atoms with van der Waals surface area (Å²) in [5.74, 6) is -0.334. The van der Waals surface area contributed by atoms with Gasteiger partial charge >= 0.3 is 0 Å². The molecule has 1 unspecified atom stereocenters. The Labute approximate surface area is 153 Å². The Balaban J connectivity index is 1.78. The summed E-state index contributed by atoms with van der Waals surface area (Å²) in [5.41, 5.74) is -1.14. The van der Waals surface area contributed by atoms with Crippen molar-refractivity contribution in [3.8, 4) is 0 Å². The van der Waals surface area contributed by atoms with Crippen molar-refractivity contribution in [3.63, 3.8) is 0 Å². The van der Waals surface area contributed by atoms with Crippen molar-refractivity contribution >= 4 is 34.2 Å². The minimum atomic E-state index is -1.47. The summed E-state index contributed by atoms with van der Waals surface area (Å²) < 4.78 is 5.63. The number of aliphatic hydroxyl groups is 1. The lowest BCUT2D eigenvalue weighted by Crippen LogP contribution is -2.38. The van der Waals surface area contributed by atoms with Crippen LogP contribution >= 0.6 is 11.6 Å². The molecule has 0 bridgehead atoms. The first-order valence-electron chi connectivity index (χ1n) is 7.71. The number of furan rings is 1. The van der Waals surface area contributed by atoms with E-state index >= 15 is 0 Å². The smallest absolute Gasteiger partial charge is 0.270 e. The molecule has 0 fully saturated rings. The molecule has 0 aliphatic heterocycles. The first kappa shape index (κ1) is 17.9. The van der Waals surface area contributed by atoms with Gasteiger partial charge in [0.05, 0.1) is 22.1 Å². The van der Waals surface area contributed by atoms with Crippen LogP contribution in [0.5, 0.6) is 0 Å². The van der Waals surface area contributed by atoms with Crippen molar-refractivity contribution < 1.29 is 19.2 Å². The quantitative estimate of drug-likeness (QED) is 0.524. The zero-order valence-electron chi connectivity index (χ0n) is 13.7. The first-order chi connectivity index (χ1) is 12.3. The van der Waals surface area contributed by atoms with Crippen molar-refractivity contribution in [1.29, 1.82) is 0 Å². The number of amides is 1.